The van der Waals surface area contributed by atoms with Gasteiger partial charge in [-0.2, -0.15) is 0 Å². The predicted molar refractivity (Wildman–Crippen MR) is 111 cm³/mol. The first-order valence-electron chi connectivity index (χ1n) is 9.62. The number of nitrogens with zero attached hydrogens (tertiary/aromatic N) is 3. The summed E-state index contributed by atoms with van der Waals surface area (Å²) in [4.78, 5) is 31.9. The number of pyridine rings is 1. The molecule has 0 bridgehead atoms. The highest BCUT2D eigenvalue weighted by atomic mass is 32.1. The third-order valence-electron chi connectivity index (χ3n) is 4.84. The third kappa shape index (κ3) is 5.69. The van der Waals surface area contributed by atoms with Crippen molar-refractivity contribution >= 4 is 23.8 Å². The Morgan fingerprint density at radius 3 is 2.69 bits per heavy atom. The summed E-state index contributed by atoms with van der Waals surface area (Å²) in [7, 11) is 0. The van der Waals surface area contributed by atoms with Crippen molar-refractivity contribution in [3.05, 3.63) is 54.0 Å². The monoisotopic (exact) mass is 417 g/mol. The minimum absolute atomic E-state index is 0.0118. The number of halogens is 1. The quantitative estimate of drug-likeness (QED) is 0.652. The summed E-state index contributed by atoms with van der Waals surface area (Å²) in [6.45, 7) is 3.58. The number of hydrogen-bond acceptors (Lipinski definition) is 4. The van der Waals surface area contributed by atoms with E-state index in [4.69, 9.17) is 4.74 Å². The highest BCUT2D eigenvalue weighted by molar-refractivity contribution is 7.96. The van der Waals surface area contributed by atoms with E-state index in [0.29, 0.717) is 37.7 Å². The van der Waals surface area contributed by atoms with E-state index in [1.54, 1.807) is 22.1 Å². The van der Waals surface area contributed by atoms with E-state index in [1.165, 1.54) is 24.3 Å². The molecule has 1 aromatic carbocycles. The topological polar surface area (TPSA) is 62.7 Å². The van der Waals surface area contributed by atoms with Gasteiger partial charge in [-0.15, -0.1) is 0 Å². The second-order valence-corrected chi connectivity index (χ2v) is 7.40. The lowest BCUT2D eigenvalue weighted by Crippen LogP contribution is -2.39. The van der Waals surface area contributed by atoms with Crippen molar-refractivity contribution in [1.29, 1.82) is 0 Å². The van der Waals surface area contributed by atoms with Gasteiger partial charge in [0.1, 0.15) is 11.6 Å². The smallest absolute Gasteiger partial charge is 0.278 e. The van der Waals surface area contributed by atoms with Gasteiger partial charge in [-0.1, -0.05) is 32.0 Å². The zero-order valence-corrected chi connectivity index (χ0v) is 17.1. The molecule has 0 radical (unpaired) electrons. The summed E-state index contributed by atoms with van der Waals surface area (Å²) in [5.41, 5.74) is 0.864. The van der Waals surface area contributed by atoms with Crippen LogP contribution in [0.2, 0.25) is 0 Å². The van der Waals surface area contributed by atoms with Crippen LogP contribution in [0.4, 0.5) is 9.18 Å². The Balaban J connectivity index is 1.58. The number of ether oxygens (including phenoxy) is 1. The van der Waals surface area contributed by atoms with Crippen molar-refractivity contribution in [2.75, 3.05) is 13.1 Å². The van der Waals surface area contributed by atoms with Crippen LogP contribution < -0.4 is 4.74 Å². The number of carbonyl (C=O) groups is 2. The van der Waals surface area contributed by atoms with Crippen LogP contribution in [0.25, 0.3) is 0 Å². The maximum absolute atomic E-state index is 13.0. The maximum atomic E-state index is 13.0. The van der Waals surface area contributed by atoms with Gasteiger partial charge >= 0.3 is 0 Å². The summed E-state index contributed by atoms with van der Waals surface area (Å²) < 4.78 is 18.5. The number of carbonyl (C=O) groups excluding carboxylic acids is 2. The molecule has 1 aromatic heterocycles. The van der Waals surface area contributed by atoms with Crippen LogP contribution in [-0.4, -0.2) is 45.1 Å². The van der Waals surface area contributed by atoms with Crippen LogP contribution >= 0.6 is 12.6 Å². The molecule has 3 rings (SSSR count). The number of aromatic nitrogens is 1. The van der Waals surface area contributed by atoms with Crippen LogP contribution in [0.3, 0.4) is 0 Å². The summed E-state index contributed by atoms with van der Waals surface area (Å²) >= 11 is 3.97. The molecule has 1 aliphatic heterocycles. The van der Waals surface area contributed by atoms with Crippen LogP contribution in [0.1, 0.15) is 31.7 Å². The first-order chi connectivity index (χ1) is 14.0. The van der Waals surface area contributed by atoms with Crippen LogP contribution in [0, 0.1) is 5.82 Å². The number of amides is 2. The number of benzene rings is 1. The first-order valence-corrected chi connectivity index (χ1v) is 10.1. The SMILES string of the molecule is CCCCN(C(=O)S)[C@@H]1CC(=O)N(Cc2ccc(Oc3ccc(F)cc3)nc2)C1. The van der Waals surface area contributed by atoms with Crippen molar-refractivity contribution in [3.63, 3.8) is 0 Å². The van der Waals surface area contributed by atoms with Gasteiger partial charge in [0.05, 0.1) is 6.04 Å². The molecule has 0 saturated carbocycles. The number of hydrogen-bond donors (Lipinski definition) is 1. The lowest BCUT2D eigenvalue weighted by atomic mass is 10.2. The summed E-state index contributed by atoms with van der Waals surface area (Å²) in [6.07, 6.45) is 3.82. The fourth-order valence-corrected chi connectivity index (χ4v) is 3.55. The second kappa shape index (κ2) is 9.73. The highest BCUT2D eigenvalue weighted by Gasteiger charge is 2.34. The Hall–Kier alpha value is -2.61. The molecule has 2 amide bonds. The molecule has 0 N–H and O–H groups in total. The Morgan fingerprint density at radius 1 is 1.31 bits per heavy atom. The molecule has 2 heterocycles. The Labute approximate surface area is 175 Å². The van der Waals surface area contributed by atoms with E-state index in [0.717, 1.165) is 18.4 Å². The largest absolute Gasteiger partial charge is 0.439 e. The highest BCUT2D eigenvalue weighted by Crippen LogP contribution is 2.23. The van der Waals surface area contributed by atoms with E-state index in [2.05, 4.69) is 24.5 Å². The van der Waals surface area contributed by atoms with Crippen molar-refractivity contribution in [1.82, 2.24) is 14.8 Å². The minimum atomic E-state index is -0.331. The Bertz CT molecular complexity index is 845. The van der Waals surface area contributed by atoms with E-state index in [1.807, 2.05) is 6.07 Å². The second-order valence-electron chi connectivity index (χ2n) is 7.02. The average molecular weight is 418 g/mol. The third-order valence-corrected chi connectivity index (χ3v) is 5.10. The molecular weight excluding hydrogens is 393 g/mol. The average Bonchev–Trinajstić information content (AvgIpc) is 3.05. The zero-order valence-electron chi connectivity index (χ0n) is 16.3. The predicted octanol–water partition coefficient (Wildman–Crippen LogP) is 4.27. The molecule has 154 valence electrons. The first kappa shape index (κ1) is 21.1. The number of likely N-dealkylation sites (tertiary alicyclic amines) is 1. The van der Waals surface area contributed by atoms with Gasteiger partial charge in [0.15, 0.2) is 0 Å². The van der Waals surface area contributed by atoms with Crippen molar-refractivity contribution in [2.24, 2.45) is 0 Å². The van der Waals surface area contributed by atoms with Crippen molar-refractivity contribution in [3.8, 4) is 11.6 Å². The molecule has 29 heavy (non-hydrogen) atoms. The van der Waals surface area contributed by atoms with Gasteiger partial charge in [0, 0.05) is 38.3 Å². The number of rotatable bonds is 8. The van der Waals surface area contributed by atoms with Gasteiger partial charge < -0.3 is 14.5 Å². The minimum Gasteiger partial charge on any atom is -0.439 e. The summed E-state index contributed by atoms with van der Waals surface area (Å²) in [5.74, 6) is 0.560. The van der Waals surface area contributed by atoms with Gasteiger partial charge in [-0.05, 0) is 36.2 Å². The molecule has 6 nitrogen and oxygen atoms in total. The summed E-state index contributed by atoms with van der Waals surface area (Å²) in [6, 6.07) is 9.10. The lowest BCUT2D eigenvalue weighted by molar-refractivity contribution is -0.128. The molecule has 1 fully saturated rings. The molecule has 0 spiro atoms. The molecule has 1 saturated heterocycles. The van der Waals surface area contributed by atoms with E-state index in [-0.39, 0.29) is 23.0 Å². The normalized spacial score (nSPS) is 16.2. The number of unbranched alkanes of at least 4 members (excludes halogenated alkanes) is 1. The van der Waals surface area contributed by atoms with Crippen LogP contribution in [0.5, 0.6) is 11.6 Å². The molecule has 2 aromatic rings. The standard InChI is InChI=1S/C21H24FN3O3S/c1-2-3-10-25(21(27)29)17-11-20(26)24(14-17)13-15-4-9-19(23-12-15)28-18-7-5-16(22)6-8-18/h4-9,12,17H,2-3,10-11,13-14H2,1H3,(H,27,29)/t17-/m1/s1. The zero-order chi connectivity index (χ0) is 20.8. The fourth-order valence-electron chi connectivity index (χ4n) is 3.28. The lowest BCUT2D eigenvalue weighted by Gasteiger charge is -2.27. The van der Waals surface area contributed by atoms with Gasteiger partial charge in [0.2, 0.25) is 11.8 Å². The molecule has 8 heteroatoms. The molecule has 0 aliphatic carbocycles. The van der Waals surface area contributed by atoms with Gasteiger partial charge in [-0.25, -0.2) is 9.37 Å². The van der Waals surface area contributed by atoms with Gasteiger partial charge in [-0.3, -0.25) is 9.59 Å². The van der Waals surface area contributed by atoms with Gasteiger partial charge in [0.25, 0.3) is 5.24 Å². The van der Waals surface area contributed by atoms with Crippen LogP contribution in [0.15, 0.2) is 42.6 Å². The fraction of sp³-hybridized carbons (Fsp3) is 0.381. The van der Waals surface area contributed by atoms with E-state index < -0.39 is 0 Å². The van der Waals surface area contributed by atoms with Crippen LogP contribution in [-0.2, 0) is 11.3 Å². The molecule has 1 aliphatic rings. The van der Waals surface area contributed by atoms with E-state index >= 15 is 0 Å². The molecular formula is C21H24FN3O3S. The van der Waals surface area contributed by atoms with Crippen molar-refractivity contribution < 1.29 is 18.7 Å². The summed E-state index contributed by atoms with van der Waals surface area (Å²) in [5, 5.41) is -0.290. The maximum Gasteiger partial charge on any atom is 0.278 e. The number of thiol groups is 1. The Kier molecular flexibility index (Phi) is 7.09. The molecule has 0 unspecified atom stereocenters. The van der Waals surface area contributed by atoms with E-state index in [9.17, 15) is 14.0 Å². The van der Waals surface area contributed by atoms with Crippen molar-refractivity contribution in [2.45, 2.75) is 38.8 Å². The molecule has 1 atom stereocenters. The Morgan fingerprint density at radius 2 is 2.07 bits per heavy atom.